The van der Waals surface area contributed by atoms with Gasteiger partial charge in [0.05, 0.1) is 6.54 Å². The van der Waals surface area contributed by atoms with Gasteiger partial charge < -0.3 is 15.3 Å². The normalized spacial score (nSPS) is 16.2. The van der Waals surface area contributed by atoms with E-state index in [4.69, 9.17) is 0 Å². The first kappa shape index (κ1) is 31.1. The predicted octanol–water partition coefficient (Wildman–Crippen LogP) is 5.87. The maximum Gasteiger partial charge on any atom is 0.362 e. The third-order valence-electron chi connectivity index (χ3n) is 6.81. The van der Waals surface area contributed by atoms with Crippen LogP contribution < -0.4 is 0 Å². The van der Waals surface area contributed by atoms with Crippen molar-refractivity contribution in [1.29, 1.82) is 0 Å². The highest BCUT2D eigenvalue weighted by Crippen LogP contribution is 2.32. The highest BCUT2D eigenvalue weighted by molar-refractivity contribution is 5.78. The van der Waals surface area contributed by atoms with Gasteiger partial charge in [-0.25, -0.2) is 14.4 Å². The summed E-state index contributed by atoms with van der Waals surface area (Å²) in [6, 6.07) is -3.20. The van der Waals surface area contributed by atoms with Crippen molar-refractivity contribution in [1.82, 2.24) is 0 Å². The van der Waals surface area contributed by atoms with Gasteiger partial charge in [-0.3, -0.25) is 4.48 Å². The first-order chi connectivity index (χ1) is 15.7. The van der Waals surface area contributed by atoms with E-state index in [0.717, 1.165) is 32.1 Å². The Morgan fingerprint density at radius 1 is 0.606 bits per heavy atom. The fraction of sp³-hybridized carbons (Fsp3) is 0.808. The van der Waals surface area contributed by atoms with Gasteiger partial charge in [0.25, 0.3) is 0 Å². The van der Waals surface area contributed by atoms with Gasteiger partial charge in [-0.15, -0.1) is 0 Å². The van der Waals surface area contributed by atoms with E-state index in [9.17, 15) is 29.7 Å². The Hall–Kier alpha value is -1.89. The molecule has 0 aromatic heterocycles. The first-order valence-corrected chi connectivity index (χ1v) is 12.9. The van der Waals surface area contributed by atoms with Crippen molar-refractivity contribution in [3.8, 4) is 0 Å². The Balaban J connectivity index is 5.25. The lowest BCUT2D eigenvalue weighted by Crippen LogP contribution is -2.72. The molecule has 7 nitrogen and oxygen atoms in total. The number of allylic oxidation sites excluding steroid dienone is 2. The zero-order chi connectivity index (χ0) is 25.3. The molecule has 0 aliphatic rings. The Labute approximate surface area is 200 Å². The molecule has 0 spiro atoms. The molecule has 192 valence electrons. The van der Waals surface area contributed by atoms with Crippen LogP contribution >= 0.6 is 0 Å². The molecule has 0 saturated carbocycles. The Bertz CT molecular complexity index is 549. The summed E-state index contributed by atoms with van der Waals surface area (Å²) in [5.74, 6) is -3.37. The van der Waals surface area contributed by atoms with Crippen LogP contribution in [-0.4, -0.2) is 62.4 Å². The summed E-state index contributed by atoms with van der Waals surface area (Å²) in [5.41, 5.74) is 0. The largest absolute Gasteiger partial charge is 0.477 e. The third-order valence-corrected chi connectivity index (χ3v) is 6.81. The van der Waals surface area contributed by atoms with E-state index in [2.05, 4.69) is 19.1 Å². The molecule has 0 saturated heterocycles. The van der Waals surface area contributed by atoms with E-state index in [1.54, 1.807) is 20.8 Å². The number of aliphatic carboxylic acids is 3. The molecular formula is C26H48NO6+. The van der Waals surface area contributed by atoms with Crippen LogP contribution in [0, 0.1) is 0 Å². The summed E-state index contributed by atoms with van der Waals surface area (Å²) in [4.78, 5) is 36.5. The van der Waals surface area contributed by atoms with Gasteiger partial charge in [0.1, 0.15) is 0 Å². The summed E-state index contributed by atoms with van der Waals surface area (Å²) in [5, 5.41) is 29.8. The molecule has 0 aromatic rings. The van der Waals surface area contributed by atoms with E-state index in [1.165, 1.54) is 25.7 Å². The molecule has 0 aliphatic carbocycles. The van der Waals surface area contributed by atoms with Crippen molar-refractivity contribution < 1.29 is 34.2 Å². The molecule has 0 amide bonds. The standard InChI is InChI=1S/C26H47NO6/c1-5-9-10-11-12-13-14-15-16-17-18-19-20-27(21(6-2)24(28)29,22(7-3)25(30)31)23(8-4)26(32)33/h13-14,21-23H,5-12,15-20H2,1-4H3,(H2-,28,29,30,31,32,33)/p+1/b14-13+. The smallest absolute Gasteiger partial charge is 0.362 e. The quantitative estimate of drug-likeness (QED) is 0.110. The van der Waals surface area contributed by atoms with E-state index in [0.29, 0.717) is 6.42 Å². The average molecular weight is 471 g/mol. The van der Waals surface area contributed by atoms with Gasteiger partial charge in [0.2, 0.25) is 0 Å². The van der Waals surface area contributed by atoms with Gasteiger partial charge in [0.15, 0.2) is 18.1 Å². The minimum Gasteiger partial charge on any atom is -0.477 e. The minimum absolute atomic E-state index is 0.186. The second kappa shape index (κ2) is 17.6. The number of hydrogen-bond acceptors (Lipinski definition) is 3. The molecule has 0 heterocycles. The number of quaternary nitrogens is 1. The van der Waals surface area contributed by atoms with Crippen LogP contribution in [0.5, 0.6) is 0 Å². The van der Waals surface area contributed by atoms with Crippen LogP contribution in [-0.2, 0) is 14.4 Å². The Kier molecular flexibility index (Phi) is 16.6. The molecule has 0 aliphatic heterocycles. The number of rotatable bonds is 21. The summed E-state index contributed by atoms with van der Waals surface area (Å²) >= 11 is 0. The highest BCUT2D eigenvalue weighted by Gasteiger charge is 2.55. The van der Waals surface area contributed by atoms with Gasteiger partial charge in [-0.2, -0.15) is 0 Å². The molecule has 0 radical (unpaired) electrons. The van der Waals surface area contributed by atoms with Gasteiger partial charge in [0, 0.05) is 19.3 Å². The molecule has 3 unspecified atom stereocenters. The van der Waals surface area contributed by atoms with Crippen LogP contribution in [0.15, 0.2) is 12.2 Å². The molecule has 3 N–H and O–H groups in total. The zero-order valence-electron chi connectivity index (χ0n) is 21.3. The SMILES string of the molecule is CCCCCC/C=C/CCCCCC[N+](C(CC)C(=O)O)(C(CC)C(=O)O)C(CC)C(=O)O. The second-order valence-corrected chi connectivity index (χ2v) is 9.03. The summed E-state index contributed by atoms with van der Waals surface area (Å²) in [7, 11) is 0. The van der Waals surface area contributed by atoms with Gasteiger partial charge in [-0.05, 0) is 38.5 Å². The van der Waals surface area contributed by atoms with E-state index in [-0.39, 0.29) is 25.8 Å². The average Bonchev–Trinajstić information content (AvgIpc) is 2.75. The first-order valence-electron chi connectivity index (χ1n) is 12.9. The number of hydrogen-bond donors (Lipinski definition) is 3. The van der Waals surface area contributed by atoms with Crippen molar-refractivity contribution in [3.05, 3.63) is 12.2 Å². The highest BCUT2D eigenvalue weighted by atomic mass is 16.4. The van der Waals surface area contributed by atoms with E-state index in [1.807, 2.05) is 0 Å². The molecule has 33 heavy (non-hydrogen) atoms. The van der Waals surface area contributed by atoms with Crippen LogP contribution in [0.3, 0.4) is 0 Å². The zero-order valence-corrected chi connectivity index (χ0v) is 21.3. The Morgan fingerprint density at radius 2 is 0.970 bits per heavy atom. The van der Waals surface area contributed by atoms with Crippen LogP contribution in [0.25, 0.3) is 0 Å². The van der Waals surface area contributed by atoms with Crippen molar-refractivity contribution in [3.63, 3.8) is 0 Å². The molecule has 0 rings (SSSR count). The van der Waals surface area contributed by atoms with Crippen molar-refractivity contribution in [2.24, 2.45) is 0 Å². The summed E-state index contributed by atoms with van der Waals surface area (Å²) in [6.07, 6.45) is 15.6. The number of carboxylic acids is 3. The van der Waals surface area contributed by atoms with Crippen molar-refractivity contribution in [2.45, 2.75) is 129 Å². The number of nitrogens with zero attached hydrogens (tertiary/aromatic N) is 1. The Morgan fingerprint density at radius 3 is 1.30 bits per heavy atom. The van der Waals surface area contributed by atoms with Gasteiger partial charge >= 0.3 is 17.9 Å². The van der Waals surface area contributed by atoms with E-state index >= 15 is 0 Å². The second-order valence-electron chi connectivity index (χ2n) is 9.03. The minimum atomic E-state index is -1.12. The number of unbranched alkanes of at least 4 members (excludes halogenated alkanes) is 8. The molecular weight excluding hydrogens is 422 g/mol. The molecule has 3 atom stereocenters. The molecule has 0 aromatic carbocycles. The summed E-state index contributed by atoms with van der Waals surface area (Å²) in [6.45, 7) is 7.54. The van der Waals surface area contributed by atoms with Crippen LogP contribution in [0.1, 0.15) is 111 Å². The lowest BCUT2D eigenvalue weighted by Gasteiger charge is -2.49. The number of carboxylic acid groups (broad SMARTS) is 3. The summed E-state index contributed by atoms with van der Waals surface area (Å²) < 4.78 is -0.416. The van der Waals surface area contributed by atoms with Gasteiger partial charge in [-0.1, -0.05) is 65.5 Å². The lowest BCUT2D eigenvalue weighted by molar-refractivity contribution is -0.973. The monoisotopic (exact) mass is 470 g/mol. The number of carbonyl (C=O) groups is 3. The maximum atomic E-state index is 12.2. The lowest BCUT2D eigenvalue weighted by atomic mass is 9.94. The third kappa shape index (κ3) is 9.86. The maximum absolute atomic E-state index is 12.2. The predicted molar refractivity (Wildman–Crippen MR) is 131 cm³/mol. The fourth-order valence-corrected chi connectivity index (χ4v) is 5.21. The van der Waals surface area contributed by atoms with Crippen molar-refractivity contribution >= 4 is 17.9 Å². The molecule has 7 heteroatoms. The molecule has 0 fully saturated rings. The fourth-order valence-electron chi connectivity index (χ4n) is 5.21. The van der Waals surface area contributed by atoms with Crippen LogP contribution in [0.4, 0.5) is 0 Å². The molecule has 0 bridgehead atoms. The van der Waals surface area contributed by atoms with Crippen molar-refractivity contribution in [2.75, 3.05) is 6.54 Å². The van der Waals surface area contributed by atoms with Crippen LogP contribution in [0.2, 0.25) is 0 Å². The van der Waals surface area contributed by atoms with E-state index < -0.39 is 40.5 Å². The topological polar surface area (TPSA) is 112 Å².